The van der Waals surface area contributed by atoms with E-state index < -0.39 is 8.60 Å². The molecule has 0 fully saturated rings. The number of hydrogen-bond donors (Lipinski definition) is 0. The Kier molecular flexibility index (Phi) is 8.40. The first-order chi connectivity index (χ1) is 16.9. The smallest absolute Gasteiger partial charge is 0.408 e. The molecule has 200 valence electrons. The van der Waals surface area contributed by atoms with E-state index in [1.165, 1.54) is 16.7 Å². The lowest BCUT2D eigenvalue weighted by Gasteiger charge is -2.29. The predicted octanol–water partition coefficient (Wildman–Crippen LogP) is 10.3. The molecular weight excluding hydrogens is 475 g/mol. The van der Waals surface area contributed by atoms with E-state index in [-0.39, 0.29) is 16.2 Å². The highest BCUT2D eigenvalue weighted by atomic mass is 31.2. The first-order valence-corrected chi connectivity index (χ1v) is 14.2. The van der Waals surface area contributed by atoms with Crippen LogP contribution in [0.3, 0.4) is 0 Å². The molecule has 0 aliphatic rings. The zero-order chi connectivity index (χ0) is 27.8. The summed E-state index contributed by atoms with van der Waals surface area (Å²) in [6, 6.07) is 18.9. The van der Waals surface area contributed by atoms with Crippen molar-refractivity contribution in [2.75, 3.05) is 0 Å². The van der Waals surface area contributed by atoms with Crippen molar-refractivity contribution in [3.8, 4) is 17.2 Å². The molecule has 0 amide bonds. The van der Waals surface area contributed by atoms with Crippen molar-refractivity contribution in [3.63, 3.8) is 0 Å². The Morgan fingerprint density at radius 1 is 0.432 bits per heavy atom. The molecule has 0 aromatic heterocycles. The molecule has 3 aromatic carbocycles. The van der Waals surface area contributed by atoms with Crippen molar-refractivity contribution >= 4 is 8.60 Å². The van der Waals surface area contributed by atoms with Gasteiger partial charge in [-0.3, -0.25) is 0 Å². The highest BCUT2D eigenvalue weighted by molar-refractivity contribution is 7.43. The molecule has 4 heteroatoms. The molecule has 0 heterocycles. The standard InChI is InChI=1S/C33H45O3P/c1-22-13-16-28(25(19-22)31(4,5)6)34-37(35-29-17-14-23(2)20-26(29)32(7,8)9)36-30-18-15-24(3)21-27(30)33(10,11)12/h13-21H,1-12H3. The largest absolute Gasteiger partial charge is 0.530 e. The molecule has 0 bridgehead atoms. The maximum atomic E-state index is 6.65. The van der Waals surface area contributed by atoms with Crippen molar-refractivity contribution < 1.29 is 13.6 Å². The molecule has 0 aliphatic carbocycles. The van der Waals surface area contributed by atoms with E-state index in [4.69, 9.17) is 13.6 Å². The highest BCUT2D eigenvalue weighted by Gasteiger charge is 2.30. The summed E-state index contributed by atoms with van der Waals surface area (Å²) in [5.74, 6) is 2.37. The van der Waals surface area contributed by atoms with E-state index in [1.807, 2.05) is 18.2 Å². The first kappa shape index (κ1) is 29.1. The third-order valence-corrected chi connectivity index (χ3v) is 7.39. The van der Waals surface area contributed by atoms with Crippen molar-refractivity contribution in [1.82, 2.24) is 0 Å². The van der Waals surface area contributed by atoms with Gasteiger partial charge in [-0.1, -0.05) is 115 Å². The monoisotopic (exact) mass is 520 g/mol. The Balaban J connectivity index is 2.12. The second kappa shape index (κ2) is 10.7. The van der Waals surface area contributed by atoms with Gasteiger partial charge in [-0.2, -0.15) is 0 Å². The fourth-order valence-corrected chi connectivity index (χ4v) is 5.30. The van der Waals surface area contributed by atoms with Crippen LogP contribution in [0.25, 0.3) is 0 Å². The van der Waals surface area contributed by atoms with Gasteiger partial charge < -0.3 is 13.6 Å². The van der Waals surface area contributed by atoms with Gasteiger partial charge in [0.15, 0.2) is 0 Å². The Labute approximate surface area is 226 Å². The van der Waals surface area contributed by atoms with Crippen LogP contribution in [0.1, 0.15) is 95.7 Å². The fraction of sp³-hybridized carbons (Fsp3) is 0.455. The van der Waals surface area contributed by atoms with Crippen LogP contribution in [0.4, 0.5) is 0 Å². The summed E-state index contributed by atoms with van der Waals surface area (Å²) < 4.78 is 20.0. The molecule has 0 spiro atoms. The molecule has 0 unspecified atom stereocenters. The lowest BCUT2D eigenvalue weighted by atomic mass is 9.85. The molecule has 3 nitrogen and oxygen atoms in total. The second-order valence-corrected chi connectivity index (χ2v) is 14.2. The van der Waals surface area contributed by atoms with E-state index in [0.717, 1.165) is 33.9 Å². The topological polar surface area (TPSA) is 27.7 Å². The van der Waals surface area contributed by atoms with E-state index >= 15 is 0 Å². The average Bonchev–Trinajstić information content (AvgIpc) is 2.75. The number of hydrogen-bond acceptors (Lipinski definition) is 3. The molecule has 37 heavy (non-hydrogen) atoms. The minimum Gasteiger partial charge on any atom is -0.408 e. The minimum absolute atomic E-state index is 0.0940. The Morgan fingerprint density at radius 3 is 0.892 bits per heavy atom. The molecule has 0 aliphatic heterocycles. The van der Waals surface area contributed by atoms with Crippen LogP contribution < -0.4 is 13.6 Å². The maximum absolute atomic E-state index is 6.65. The normalized spacial score (nSPS) is 12.6. The summed E-state index contributed by atoms with van der Waals surface area (Å²) in [5, 5.41) is 0. The van der Waals surface area contributed by atoms with E-state index in [1.54, 1.807) is 0 Å². The van der Waals surface area contributed by atoms with E-state index in [2.05, 4.69) is 119 Å². The maximum Gasteiger partial charge on any atom is 0.530 e. The van der Waals surface area contributed by atoms with Gasteiger partial charge in [0.2, 0.25) is 0 Å². The summed E-state index contributed by atoms with van der Waals surface area (Å²) in [6.45, 7) is 26.2. The van der Waals surface area contributed by atoms with Crippen LogP contribution in [-0.2, 0) is 16.2 Å². The van der Waals surface area contributed by atoms with Crippen LogP contribution in [0.15, 0.2) is 54.6 Å². The van der Waals surface area contributed by atoms with Gasteiger partial charge >= 0.3 is 8.60 Å². The summed E-state index contributed by atoms with van der Waals surface area (Å²) in [6.07, 6.45) is 0. The van der Waals surface area contributed by atoms with Crippen LogP contribution in [-0.4, -0.2) is 0 Å². The molecule has 0 atom stereocenters. The molecule has 3 rings (SSSR count). The van der Waals surface area contributed by atoms with Gasteiger partial charge in [0.25, 0.3) is 0 Å². The highest BCUT2D eigenvalue weighted by Crippen LogP contribution is 2.49. The van der Waals surface area contributed by atoms with Crippen LogP contribution in [0.2, 0.25) is 0 Å². The Morgan fingerprint density at radius 2 is 0.676 bits per heavy atom. The first-order valence-electron chi connectivity index (χ1n) is 13.1. The molecule has 0 saturated carbocycles. The summed E-state index contributed by atoms with van der Waals surface area (Å²) in [7, 11) is -1.81. The van der Waals surface area contributed by atoms with Crippen molar-refractivity contribution in [2.24, 2.45) is 0 Å². The van der Waals surface area contributed by atoms with Crippen LogP contribution in [0.5, 0.6) is 17.2 Å². The third kappa shape index (κ3) is 7.51. The number of benzene rings is 3. The summed E-state index contributed by atoms with van der Waals surface area (Å²) in [4.78, 5) is 0. The predicted molar refractivity (Wildman–Crippen MR) is 158 cm³/mol. The van der Waals surface area contributed by atoms with E-state index in [0.29, 0.717) is 0 Å². The lowest BCUT2D eigenvalue weighted by Crippen LogP contribution is -2.17. The number of rotatable bonds is 6. The molecule has 0 N–H and O–H groups in total. The molecule has 0 radical (unpaired) electrons. The zero-order valence-electron chi connectivity index (χ0n) is 24.9. The average molecular weight is 521 g/mol. The molecule has 0 saturated heterocycles. The van der Waals surface area contributed by atoms with Gasteiger partial charge in [-0.15, -0.1) is 0 Å². The fourth-order valence-electron chi connectivity index (χ4n) is 4.23. The van der Waals surface area contributed by atoms with Gasteiger partial charge in [0, 0.05) is 16.7 Å². The summed E-state index contributed by atoms with van der Waals surface area (Å²) >= 11 is 0. The molecule has 3 aromatic rings. The third-order valence-electron chi connectivity index (χ3n) is 6.35. The molecular formula is C33H45O3P. The van der Waals surface area contributed by atoms with Gasteiger partial charge in [-0.05, 0) is 55.2 Å². The lowest BCUT2D eigenvalue weighted by molar-refractivity contribution is 0.372. The van der Waals surface area contributed by atoms with Crippen LogP contribution in [0, 0.1) is 20.8 Å². The van der Waals surface area contributed by atoms with Crippen molar-refractivity contribution in [3.05, 3.63) is 88.0 Å². The Bertz CT molecular complexity index is 1080. The number of aryl methyl sites for hydroxylation is 3. The second-order valence-electron chi connectivity index (χ2n) is 13.2. The van der Waals surface area contributed by atoms with Gasteiger partial charge in [0.05, 0.1) is 0 Å². The Hall–Kier alpha value is -2.51. The van der Waals surface area contributed by atoms with E-state index in [9.17, 15) is 0 Å². The SMILES string of the molecule is Cc1ccc(OP(Oc2ccc(C)cc2C(C)(C)C)Oc2ccc(C)cc2C(C)(C)C)c(C(C)(C)C)c1. The van der Waals surface area contributed by atoms with Crippen molar-refractivity contribution in [1.29, 1.82) is 0 Å². The van der Waals surface area contributed by atoms with Gasteiger partial charge in [0.1, 0.15) is 17.2 Å². The zero-order valence-corrected chi connectivity index (χ0v) is 25.8. The van der Waals surface area contributed by atoms with Crippen molar-refractivity contribution in [2.45, 2.75) is 99.3 Å². The summed E-state index contributed by atoms with van der Waals surface area (Å²) in [5.41, 5.74) is 6.71. The minimum atomic E-state index is -1.81. The van der Waals surface area contributed by atoms with Gasteiger partial charge in [-0.25, -0.2) is 0 Å². The van der Waals surface area contributed by atoms with Crippen LogP contribution >= 0.6 is 8.60 Å². The quantitative estimate of drug-likeness (QED) is 0.303.